The number of rotatable bonds is 7. The molecule has 19 heavy (non-hydrogen) atoms. The quantitative estimate of drug-likeness (QED) is 0.589. The second-order valence-electron chi connectivity index (χ2n) is 4.56. The van der Waals surface area contributed by atoms with Crippen LogP contribution in [-0.2, 0) is 7.05 Å². The Bertz CT molecular complexity index is 398. The largest absolute Gasteiger partial charge is 0.362 e. The van der Waals surface area contributed by atoms with Crippen LogP contribution < -0.4 is 10.6 Å². The highest BCUT2D eigenvalue weighted by Gasteiger charge is 2.04. The minimum atomic E-state index is 0.663. The zero-order valence-corrected chi connectivity index (χ0v) is 13.2. The van der Waals surface area contributed by atoms with Crippen LogP contribution in [-0.4, -0.2) is 46.0 Å². The molecule has 0 atom stereocenters. The van der Waals surface area contributed by atoms with Gasteiger partial charge in [0.2, 0.25) is 0 Å². The number of nitrogens with zero attached hydrogens (tertiary/aromatic N) is 3. The van der Waals surface area contributed by atoms with Crippen LogP contribution in [0, 0.1) is 6.92 Å². The van der Waals surface area contributed by atoms with E-state index in [9.17, 15) is 0 Å². The summed E-state index contributed by atoms with van der Waals surface area (Å²) in [6.45, 7) is 10.5. The molecule has 0 aliphatic heterocycles. The molecule has 0 spiro atoms. The molecule has 1 heterocycles. The predicted molar refractivity (Wildman–Crippen MR) is 84.6 cm³/mol. The van der Waals surface area contributed by atoms with Gasteiger partial charge in [-0.2, -0.15) is 5.10 Å². The van der Waals surface area contributed by atoms with Gasteiger partial charge in [0.1, 0.15) is 0 Å². The normalized spacial score (nSPS) is 10.8. The van der Waals surface area contributed by atoms with Crippen molar-refractivity contribution in [3.63, 3.8) is 0 Å². The fourth-order valence-corrected chi connectivity index (χ4v) is 2.15. The van der Waals surface area contributed by atoms with Crippen molar-refractivity contribution < 1.29 is 0 Å². The first-order valence-electron chi connectivity index (χ1n) is 6.84. The van der Waals surface area contributed by atoms with Gasteiger partial charge in [-0.05, 0) is 45.2 Å². The van der Waals surface area contributed by atoms with E-state index >= 15 is 0 Å². The average Bonchev–Trinajstić information content (AvgIpc) is 2.68. The van der Waals surface area contributed by atoms with E-state index in [2.05, 4.69) is 34.5 Å². The lowest BCUT2D eigenvalue weighted by Crippen LogP contribution is -2.32. The molecule has 0 saturated heterocycles. The Morgan fingerprint density at radius 2 is 2.11 bits per heavy atom. The Hall–Kier alpha value is -1.14. The molecule has 0 bridgehead atoms. The number of hydrogen-bond acceptors (Lipinski definition) is 3. The number of thiocarbonyl (C=S) groups is 1. The van der Waals surface area contributed by atoms with E-state index in [-0.39, 0.29) is 0 Å². The van der Waals surface area contributed by atoms with Crippen molar-refractivity contribution in [1.29, 1.82) is 0 Å². The van der Waals surface area contributed by atoms with Gasteiger partial charge in [0.15, 0.2) is 5.11 Å². The van der Waals surface area contributed by atoms with Crippen LogP contribution in [0.3, 0.4) is 0 Å². The summed E-state index contributed by atoms with van der Waals surface area (Å²) in [5.74, 6) is 0. The van der Waals surface area contributed by atoms with Gasteiger partial charge < -0.3 is 15.5 Å². The van der Waals surface area contributed by atoms with Crippen LogP contribution in [0.4, 0.5) is 5.69 Å². The molecule has 0 radical (unpaired) electrons. The van der Waals surface area contributed by atoms with Crippen LogP contribution in [0.2, 0.25) is 0 Å². The van der Waals surface area contributed by atoms with E-state index in [1.54, 1.807) is 4.68 Å². The Balaban J connectivity index is 2.23. The van der Waals surface area contributed by atoms with E-state index < -0.39 is 0 Å². The van der Waals surface area contributed by atoms with Gasteiger partial charge >= 0.3 is 0 Å². The summed E-state index contributed by atoms with van der Waals surface area (Å²) < 4.78 is 1.78. The minimum Gasteiger partial charge on any atom is -0.362 e. The summed E-state index contributed by atoms with van der Waals surface area (Å²) in [6, 6.07) is 0. The molecule has 5 nitrogen and oxygen atoms in total. The summed E-state index contributed by atoms with van der Waals surface area (Å²) >= 11 is 5.27. The van der Waals surface area contributed by atoms with Crippen molar-refractivity contribution in [2.45, 2.75) is 27.2 Å². The molecule has 0 saturated carbocycles. The van der Waals surface area contributed by atoms with E-state index in [0.29, 0.717) is 5.11 Å². The number of nitrogens with one attached hydrogen (secondary N) is 2. The molecule has 1 rings (SSSR count). The van der Waals surface area contributed by atoms with Crippen molar-refractivity contribution in [3.05, 3.63) is 11.9 Å². The molecule has 2 N–H and O–H groups in total. The van der Waals surface area contributed by atoms with Crippen molar-refractivity contribution in [1.82, 2.24) is 20.0 Å². The molecule has 6 heteroatoms. The van der Waals surface area contributed by atoms with Gasteiger partial charge in [0.05, 0.1) is 11.4 Å². The molecule has 0 amide bonds. The monoisotopic (exact) mass is 283 g/mol. The summed E-state index contributed by atoms with van der Waals surface area (Å²) in [7, 11) is 1.90. The first-order valence-corrected chi connectivity index (χ1v) is 7.25. The molecule has 0 aliphatic rings. The third-order valence-electron chi connectivity index (χ3n) is 3.09. The van der Waals surface area contributed by atoms with Crippen molar-refractivity contribution >= 4 is 23.0 Å². The Morgan fingerprint density at radius 3 is 2.63 bits per heavy atom. The Kier molecular flexibility index (Phi) is 6.80. The second-order valence-corrected chi connectivity index (χ2v) is 4.97. The van der Waals surface area contributed by atoms with Crippen LogP contribution in [0.25, 0.3) is 0 Å². The highest BCUT2D eigenvalue weighted by atomic mass is 32.1. The van der Waals surface area contributed by atoms with Crippen molar-refractivity contribution in [3.8, 4) is 0 Å². The van der Waals surface area contributed by atoms with Gasteiger partial charge in [-0.15, -0.1) is 0 Å². The smallest absolute Gasteiger partial charge is 0.170 e. The molecule has 108 valence electrons. The molecule has 1 aromatic rings. The lowest BCUT2D eigenvalue weighted by molar-refractivity contribution is 0.300. The SMILES string of the molecule is CCN(CC)CCCNC(=S)Nc1cn(C)nc1C. The predicted octanol–water partition coefficient (Wildman–Crippen LogP) is 1.75. The third kappa shape index (κ3) is 5.57. The summed E-state index contributed by atoms with van der Waals surface area (Å²) in [4.78, 5) is 2.41. The topological polar surface area (TPSA) is 45.1 Å². The second kappa shape index (κ2) is 8.12. The molecule has 0 aliphatic carbocycles. The zero-order valence-electron chi connectivity index (χ0n) is 12.4. The van der Waals surface area contributed by atoms with Gasteiger partial charge in [-0.3, -0.25) is 4.68 Å². The first kappa shape index (κ1) is 15.9. The maximum atomic E-state index is 5.27. The zero-order chi connectivity index (χ0) is 14.3. The third-order valence-corrected chi connectivity index (χ3v) is 3.34. The number of hydrogen-bond donors (Lipinski definition) is 2. The van der Waals surface area contributed by atoms with Crippen LogP contribution in [0.15, 0.2) is 6.20 Å². The van der Waals surface area contributed by atoms with Gasteiger partial charge in [0.25, 0.3) is 0 Å². The molecule has 0 aromatic carbocycles. The summed E-state index contributed by atoms with van der Waals surface area (Å²) in [5.41, 5.74) is 1.92. The Labute approximate surface area is 121 Å². The van der Waals surface area contributed by atoms with Crippen LogP contribution in [0.1, 0.15) is 26.0 Å². The van der Waals surface area contributed by atoms with E-state index in [1.807, 2.05) is 20.2 Å². The lowest BCUT2D eigenvalue weighted by atomic mass is 10.3. The lowest BCUT2D eigenvalue weighted by Gasteiger charge is -2.18. The maximum absolute atomic E-state index is 5.27. The first-order chi connectivity index (χ1) is 9.06. The number of aromatic nitrogens is 2. The van der Waals surface area contributed by atoms with Crippen LogP contribution in [0.5, 0.6) is 0 Å². The molecule has 0 unspecified atom stereocenters. The Morgan fingerprint density at radius 1 is 1.42 bits per heavy atom. The number of anilines is 1. The standard InChI is InChI=1S/C13H25N5S/c1-5-18(6-2)9-7-8-14-13(19)15-12-10-17(4)16-11(12)3/h10H,5-9H2,1-4H3,(H2,14,15,19). The fourth-order valence-electron chi connectivity index (χ4n) is 1.93. The molecular weight excluding hydrogens is 258 g/mol. The van der Waals surface area contributed by atoms with Gasteiger partial charge in [0, 0.05) is 19.8 Å². The maximum Gasteiger partial charge on any atom is 0.170 e. The minimum absolute atomic E-state index is 0.663. The summed E-state index contributed by atoms with van der Waals surface area (Å²) in [6.07, 6.45) is 3.02. The van der Waals surface area contributed by atoms with Gasteiger partial charge in [-0.1, -0.05) is 13.8 Å². The van der Waals surface area contributed by atoms with E-state index in [4.69, 9.17) is 12.2 Å². The average molecular weight is 283 g/mol. The highest BCUT2D eigenvalue weighted by molar-refractivity contribution is 7.80. The van der Waals surface area contributed by atoms with E-state index in [1.165, 1.54) is 0 Å². The fraction of sp³-hybridized carbons (Fsp3) is 0.692. The van der Waals surface area contributed by atoms with E-state index in [0.717, 1.165) is 44.0 Å². The van der Waals surface area contributed by atoms with Gasteiger partial charge in [-0.25, -0.2) is 0 Å². The van der Waals surface area contributed by atoms with Crippen molar-refractivity contribution in [2.24, 2.45) is 7.05 Å². The summed E-state index contributed by atoms with van der Waals surface area (Å²) in [5, 5.41) is 11.3. The molecule has 0 fully saturated rings. The van der Waals surface area contributed by atoms with Crippen molar-refractivity contribution in [2.75, 3.05) is 31.5 Å². The molecule has 1 aromatic heterocycles. The highest BCUT2D eigenvalue weighted by Crippen LogP contribution is 2.10. The molecular formula is C13H25N5S. The number of aryl methyl sites for hydroxylation is 2. The van der Waals surface area contributed by atoms with Crippen LogP contribution >= 0.6 is 12.2 Å².